The van der Waals surface area contributed by atoms with Crippen molar-refractivity contribution < 1.29 is 9.90 Å². The van der Waals surface area contributed by atoms with Gasteiger partial charge in [-0.05, 0) is 19.3 Å². The number of fused-ring (bicyclic) bond motifs is 1. The van der Waals surface area contributed by atoms with Crippen molar-refractivity contribution in [3.8, 4) is 0 Å². The van der Waals surface area contributed by atoms with Gasteiger partial charge in [-0.25, -0.2) is 0 Å². The first kappa shape index (κ1) is 9.97. The number of rotatable bonds is 0. The number of likely N-dealkylation sites (tertiary alicyclic amines) is 1. The summed E-state index contributed by atoms with van der Waals surface area (Å²) >= 11 is 0. The highest BCUT2D eigenvalue weighted by Crippen LogP contribution is 2.39. The molecule has 0 aromatic heterocycles. The lowest BCUT2D eigenvalue weighted by Crippen LogP contribution is -2.54. The Morgan fingerprint density at radius 3 is 2.93 bits per heavy atom. The van der Waals surface area contributed by atoms with Gasteiger partial charge in [0, 0.05) is 25.9 Å². The number of aliphatic hydroxyl groups is 1. The number of piperidine rings is 1. The zero-order chi connectivity index (χ0) is 10.2. The van der Waals surface area contributed by atoms with Gasteiger partial charge in [0.05, 0.1) is 5.60 Å². The van der Waals surface area contributed by atoms with Crippen molar-refractivity contribution in [2.45, 2.75) is 44.6 Å². The van der Waals surface area contributed by atoms with Crippen molar-refractivity contribution in [1.29, 1.82) is 0 Å². The number of hydrogen-bond donors (Lipinski definition) is 1. The molecule has 0 aromatic rings. The van der Waals surface area contributed by atoms with Crippen LogP contribution in [0.3, 0.4) is 0 Å². The predicted molar refractivity (Wildman–Crippen MR) is 53.8 cm³/mol. The predicted octanol–water partition coefficient (Wildman–Crippen LogP) is 1.16. The molecule has 2 rings (SSSR count). The summed E-state index contributed by atoms with van der Waals surface area (Å²) < 4.78 is 0. The molecule has 1 aliphatic heterocycles. The van der Waals surface area contributed by atoms with Crippen molar-refractivity contribution >= 4 is 5.91 Å². The second-order valence-electron chi connectivity index (χ2n) is 4.76. The van der Waals surface area contributed by atoms with E-state index in [9.17, 15) is 9.90 Å². The van der Waals surface area contributed by atoms with Crippen LogP contribution in [0, 0.1) is 5.92 Å². The van der Waals surface area contributed by atoms with Crippen LogP contribution >= 0.6 is 0 Å². The Hall–Kier alpha value is -0.570. The van der Waals surface area contributed by atoms with Crippen LogP contribution in [0.2, 0.25) is 0 Å². The van der Waals surface area contributed by atoms with Crippen molar-refractivity contribution in [2.75, 3.05) is 13.1 Å². The molecule has 2 unspecified atom stereocenters. The summed E-state index contributed by atoms with van der Waals surface area (Å²) in [4.78, 5) is 13.1. The number of amides is 1. The fraction of sp³-hybridized carbons (Fsp3) is 0.909. The van der Waals surface area contributed by atoms with E-state index in [1.807, 2.05) is 4.90 Å². The highest BCUT2D eigenvalue weighted by Gasteiger charge is 2.43. The van der Waals surface area contributed by atoms with Gasteiger partial charge in [-0.1, -0.05) is 12.8 Å². The summed E-state index contributed by atoms with van der Waals surface area (Å²) in [6.45, 7) is 3.13. The zero-order valence-electron chi connectivity index (χ0n) is 8.83. The van der Waals surface area contributed by atoms with Crippen molar-refractivity contribution in [3.63, 3.8) is 0 Å². The SMILES string of the molecule is CC(=O)N1CCC2(O)CCCCC2C1. The third-order valence-corrected chi connectivity index (χ3v) is 3.87. The maximum atomic E-state index is 11.2. The molecule has 1 aliphatic carbocycles. The fourth-order valence-electron chi connectivity index (χ4n) is 2.86. The van der Waals surface area contributed by atoms with E-state index in [0.717, 1.165) is 38.8 Å². The normalized spacial score (nSPS) is 37.9. The van der Waals surface area contributed by atoms with Gasteiger partial charge in [0.15, 0.2) is 0 Å². The Labute approximate surface area is 85.1 Å². The first-order chi connectivity index (χ1) is 6.62. The molecule has 2 fully saturated rings. The van der Waals surface area contributed by atoms with Crippen molar-refractivity contribution in [2.24, 2.45) is 5.92 Å². The van der Waals surface area contributed by atoms with Gasteiger partial charge in [-0.15, -0.1) is 0 Å². The molecule has 0 aromatic carbocycles. The molecule has 0 bridgehead atoms. The largest absolute Gasteiger partial charge is 0.389 e. The average molecular weight is 197 g/mol. The second kappa shape index (κ2) is 3.54. The van der Waals surface area contributed by atoms with E-state index < -0.39 is 5.60 Å². The van der Waals surface area contributed by atoms with Gasteiger partial charge in [-0.2, -0.15) is 0 Å². The summed E-state index contributed by atoms with van der Waals surface area (Å²) in [5, 5.41) is 10.4. The highest BCUT2D eigenvalue weighted by molar-refractivity contribution is 5.73. The first-order valence-corrected chi connectivity index (χ1v) is 5.60. The number of carbonyl (C=O) groups is 1. The Morgan fingerprint density at radius 1 is 1.43 bits per heavy atom. The van der Waals surface area contributed by atoms with Crippen LogP contribution < -0.4 is 0 Å². The third kappa shape index (κ3) is 1.65. The molecular formula is C11H19NO2. The zero-order valence-corrected chi connectivity index (χ0v) is 8.83. The molecule has 80 valence electrons. The fourth-order valence-corrected chi connectivity index (χ4v) is 2.86. The summed E-state index contributed by atoms with van der Waals surface area (Å²) in [5.74, 6) is 0.478. The van der Waals surface area contributed by atoms with Gasteiger partial charge in [0.2, 0.25) is 5.91 Å². The van der Waals surface area contributed by atoms with Crippen LogP contribution in [-0.4, -0.2) is 34.6 Å². The van der Waals surface area contributed by atoms with E-state index in [1.54, 1.807) is 6.92 Å². The minimum Gasteiger partial charge on any atom is -0.389 e. The Balaban J connectivity index is 2.05. The molecule has 1 saturated heterocycles. The Bertz CT molecular complexity index is 241. The lowest BCUT2D eigenvalue weighted by atomic mass is 9.71. The van der Waals surface area contributed by atoms with E-state index in [1.165, 1.54) is 6.42 Å². The molecule has 2 aliphatic rings. The maximum absolute atomic E-state index is 11.2. The van der Waals surface area contributed by atoms with Crippen LogP contribution in [-0.2, 0) is 4.79 Å². The number of hydrogen-bond acceptors (Lipinski definition) is 2. The van der Waals surface area contributed by atoms with Crippen molar-refractivity contribution in [1.82, 2.24) is 4.90 Å². The third-order valence-electron chi connectivity index (χ3n) is 3.87. The molecule has 0 spiro atoms. The van der Waals surface area contributed by atoms with Crippen LogP contribution in [0.1, 0.15) is 39.0 Å². The number of carbonyl (C=O) groups excluding carboxylic acids is 1. The van der Waals surface area contributed by atoms with Gasteiger partial charge in [-0.3, -0.25) is 4.79 Å². The minimum atomic E-state index is -0.454. The van der Waals surface area contributed by atoms with Crippen LogP contribution in [0.15, 0.2) is 0 Å². The quantitative estimate of drug-likeness (QED) is 0.633. The molecule has 14 heavy (non-hydrogen) atoms. The van der Waals surface area contributed by atoms with E-state index in [2.05, 4.69) is 0 Å². The summed E-state index contributed by atoms with van der Waals surface area (Å²) in [6, 6.07) is 0. The Kier molecular flexibility index (Phi) is 2.52. The van der Waals surface area contributed by atoms with Gasteiger partial charge in [0.1, 0.15) is 0 Å². The van der Waals surface area contributed by atoms with Crippen LogP contribution in [0.25, 0.3) is 0 Å². The van der Waals surface area contributed by atoms with E-state index >= 15 is 0 Å². The smallest absolute Gasteiger partial charge is 0.219 e. The minimum absolute atomic E-state index is 0.151. The summed E-state index contributed by atoms with van der Waals surface area (Å²) in [7, 11) is 0. The van der Waals surface area contributed by atoms with Crippen molar-refractivity contribution in [3.05, 3.63) is 0 Å². The second-order valence-corrected chi connectivity index (χ2v) is 4.76. The Morgan fingerprint density at radius 2 is 2.21 bits per heavy atom. The van der Waals surface area contributed by atoms with Crippen LogP contribution in [0.4, 0.5) is 0 Å². The molecule has 0 radical (unpaired) electrons. The van der Waals surface area contributed by atoms with Gasteiger partial charge >= 0.3 is 0 Å². The van der Waals surface area contributed by atoms with Gasteiger partial charge in [0.25, 0.3) is 0 Å². The number of nitrogens with zero attached hydrogens (tertiary/aromatic N) is 1. The molecule has 3 nitrogen and oxygen atoms in total. The lowest BCUT2D eigenvalue weighted by molar-refractivity contribution is -0.141. The first-order valence-electron chi connectivity index (χ1n) is 5.60. The molecular weight excluding hydrogens is 178 g/mol. The van der Waals surface area contributed by atoms with E-state index in [4.69, 9.17) is 0 Å². The molecule has 1 N–H and O–H groups in total. The molecule has 2 atom stereocenters. The summed E-state index contributed by atoms with van der Waals surface area (Å²) in [6.07, 6.45) is 5.15. The van der Waals surface area contributed by atoms with E-state index in [0.29, 0.717) is 5.92 Å². The standard InChI is InChI=1S/C11H19NO2/c1-9(13)12-7-6-11(14)5-3-2-4-10(11)8-12/h10,14H,2-8H2,1H3. The van der Waals surface area contributed by atoms with Crippen LogP contribution in [0.5, 0.6) is 0 Å². The van der Waals surface area contributed by atoms with Gasteiger partial charge < -0.3 is 10.0 Å². The lowest BCUT2D eigenvalue weighted by Gasteiger charge is -2.47. The topological polar surface area (TPSA) is 40.5 Å². The average Bonchev–Trinajstić information content (AvgIpc) is 2.16. The molecule has 3 heteroatoms. The molecule has 1 saturated carbocycles. The molecule has 1 heterocycles. The maximum Gasteiger partial charge on any atom is 0.219 e. The molecule has 1 amide bonds. The monoisotopic (exact) mass is 197 g/mol. The summed E-state index contributed by atoms with van der Waals surface area (Å²) in [5.41, 5.74) is -0.454. The highest BCUT2D eigenvalue weighted by atomic mass is 16.3. The van der Waals surface area contributed by atoms with E-state index in [-0.39, 0.29) is 5.91 Å².